The third kappa shape index (κ3) is 3.30. The second-order valence-electron chi connectivity index (χ2n) is 4.62. The number of halogens is 1. The number of nitrogens with two attached hydrogens (primary N) is 2. The van der Waals surface area contributed by atoms with Crippen LogP contribution in [0, 0.1) is 0 Å². The van der Waals surface area contributed by atoms with Gasteiger partial charge in [0.25, 0.3) is 0 Å². The lowest BCUT2D eigenvalue weighted by Crippen LogP contribution is -2.18. The van der Waals surface area contributed by atoms with E-state index in [1.54, 1.807) is 12.1 Å². The summed E-state index contributed by atoms with van der Waals surface area (Å²) in [7, 11) is 1.95. The smallest absolute Gasteiger partial charge is 0.248 e. The third-order valence-corrected chi connectivity index (χ3v) is 3.53. The summed E-state index contributed by atoms with van der Waals surface area (Å²) in [4.78, 5) is 13.2. The van der Waals surface area contributed by atoms with Gasteiger partial charge in [0.1, 0.15) is 0 Å². The van der Waals surface area contributed by atoms with Gasteiger partial charge in [-0.2, -0.15) is 0 Å². The highest BCUT2D eigenvalue weighted by molar-refractivity contribution is 9.10. The summed E-state index contributed by atoms with van der Waals surface area (Å²) < 4.78 is 0.947. The molecule has 0 unspecified atom stereocenters. The van der Waals surface area contributed by atoms with Crippen LogP contribution < -0.4 is 16.4 Å². The molecule has 5 heteroatoms. The number of hydrogen-bond acceptors (Lipinski definition) is 3. The molecular weight excluding hydrogens is 318 g/mol. The Morgan fingerprint density at radius 3 is 2.65 bits per heavy atom. The molecule has 0 saturated carbocycles. The van der Waals surface area contributed by atoms with Gasteiger partial charge >= 0.3 is 0 Å². The summed E-state index contributed by atoms with van der Waals surface area (Å²) in [5, 5.41) is 0. The SMILES string of the molecule is CN(Cc1cccc(C(N)=O)c1)c1ccc(Br)cc1N. The zero-order valence-electron chi connectivity index (χ0n) is 11.1. The molecule has 2 aromatic rings. The van der Waals surface area contributed by atoms with Gasteiger partial charge in [-0.05, 0) is 35.9 Å². The molecule has 0 bridgehead atoms. The highest BCUT2D eigenvalue weighted by atomic mass is 79.9. The molecule has 0 radical (unpaired) electrons. The van der Waals surface area contributed by atoms with E-state index in [9.17, 15) is 4.79 Å². The molecule has 2 rings (SSSR count). The molecular formula is C15H16BrN3O. The van der Waals surface area contributed by atoms with Crippen molar-refractivity contribution in [3.05, 3.63) is 58.1 Å². The van der Waals surface area contributed by atoms with Crippen LogP contribution in [-0.2, 0) is 6.54 Å². The van der Waals surface area contributed by atoms with Crippen LogP contribution in [0.25, 0.3) is 0 Å². The summed E-state index contributed by atoms with van der Waals surface area (Å²) in [6, 6.07) is 13.1. The van der Waals surface area contributed by atoms with E-state index in [1.807, 2.05) is 42.3 Å². The predicted molar refractivity (Wildman–Crippen MR) is 85.6 cm³/mol. The number of carbonyl (C=O) groups is 1. The second-order valence-corrected chi connectivity index (χ2v) is 5.54. The Labute approximate surface area is 126 Å². The summed E-state index contributed by atoms with van der Waals surface area (Å²) in [5.41, 5.74) is 14.5. The Balaban J connectivity index is 2.21. The average Bonchev–Trinajstić information content (AvgIpc) is 2.38. The standard InChI is InChI=1S/C15H16BrN3O/c1-19(14-6-5-12(16)8-13(14)17)9-10-3-2-4-11(7-10)15(18)20/h2-8H,9,17H2,1H3,(H2,18,20). The largest absolute Gasteiger partial charge is 0.397 e. The van der Waals surface area contributed by atoms with Crippen molar-refractivity contribution in [2.75, 3.05) is 17.7 Å². The summed E-state index contributed by atoms with van der Waals surface area (Å²) in [6.07, 6.45) is 0. The molecule has 0 spiro atoms. The molecule has 0 fully saturated rings. The van der Waals surface area contributed by atoms with E-state index >= 15 is 0 Å². The first kappa shape index (κ1) is 14.4. The summed E-state index contributed by atoms with van der Waals surface area (Å²) in [6.45, 7) is 0.646. The van der Waals surface area contributed by atoms with E-state index in [0.717, 1.165) is 15.7 Å². The van der Waals surface area contributed by atoms with Gasteiger partial charge in [0, 0.05) is 23.6 Å². The van der Waals surface area contributed by atoms with Crippen LogP contribution in [0.3, 0.4) is 0 Å². The van der Waals surface area contributed by atoms with E-state index in [-0.39, 0.29) is 0 Å². The maximum atomic E-state index is 11.2. The van der Waals surface area contributed by atoms with E-state index in [2.05, 4.69) is 15.9 Å². The zero-order valence-corrected chi connectivity index (χ0v) is 12.7. The molecule has 1 amide bonds. The topological polar surface area (TPSA) is 72.3 Å². The quantitative estimate of drug-likeness (QED) is 0.845. The van der Waals surface area contributed by atoms with Crippen LogP contribution in [-0.4, -0.2) is 13.0 Å². The Kier molecular flexibility index (Phi) is 4.29. The molecule has 0 atom stereocenters. The summed E-state index contributed by atoms with van der Waals surface area (Å²) in [5.74, 6) is -0.419. The second kappa shape index (κ2) is 5.96. The molecule has 0 aromatic heterocycles. The number of nitrogen functional groups attached to an aromatic ring is 1. The molecule has 4 N–H and O–H groups in total. The predicted octanol–water partition coefficient (Wildman–Crippen LogP) is 2.77. The van der Waals surface area contributed by atoms with Crippen molar-refractivity contribution in [1.29, 1.82) is 0 Å². The molecule has 104 valence electrons. The van der Waals surface area contributed by atoms with E-state index < -0.39 is 5.91 Å². The Bertz CT molecular complexity index is 643. The van der Waals surface area contributed by atoms with Crippen LogP contribution in [0.2, 0.25) is 0 Å². The Morgan fingerprint density at radius 1 is 1.25 bits per heavy atom. The summed E-state index contributed by atoms with van der Waals surface area (Å²) >= 11 is 3.39. The third-order valence-electron chi connectivity index (χ3n) is 3.03. The molecule has 0 heterocycles. The van der Waals surface area contributed by atoms with Gasteiger partial charge in [-0.15, -0.1) is 0 Å². The lowest BCUT2D eigenvalue weighted by molar-refractivity contribution is 0.1000. The van der Waals surface area contributed by atoms with Crippen LogP contribution in [0.15, 0.2) is 46.9 Å². The number of carbonyl (C=O) groups excluding carboxylic acids is 1. The van der Waals surface area contributed by atoms with Gasteiger partial charge in [-0.1, -0.05) is 28.1 Å². The Morgan fingerprint density at radius 2 is 2.00 bits per heavy atom. The van der Waals surface area contributed by atoms with Crippen LogP contribution in [0.4, 0.5) is 11.4 Å². The average molecular weight is 334 g/mol. The highest BCUT2D eigenvalue weighted by Crippen LogP contribution is 2.27. The minimum atomic E-state index is -0.419. The van der Waals surface area contributed by atoms with Crippen LogP contribution >= 0.6 is 15.9 Å². The number of anilines is 2. The number of rotatable bonds is 4. The molecule has 0 saturated heterocycles. The van der Waals surface area contributed by atoms with Crippen molar-refractivity contribution in [2.24, 2.45) is 5.73 Å². The lowest BCUT2D eigenvalue weighted by atomic mass is 10.1. The maximum Gasteiger partial charge on any atom is 0.248 e. The number of hydrogen-bond donors (Lipinski definition) is 2. The minimum absolute atomic E-state index is 0.419. The first-order valence-electron chi connectivity index (χ1n) is 6.12. The lowest BCUT2D eigenvalue weighted by Gasteiger charge is -2.21. The first-order chi connectivity index (χ1) is 9.47. The van der Waals surface area contributed by atoms with Crippen LogP contribution in [0.5, 0.6) is 0 Å². The van der Waals surface area contributed by atoms with Gasteiger partial charge in [0.15, 0.2) is 0 Å². The van der Waals surface area contributed by atoms with Crippen molar-refractivity contribution >= 4 is 33.2 Å². The van der Waals surface area contributed by atoms with Gasteiger partial charge in [-0.25, -0.2) is 0 Å². The van der Waals surface area contributed by atoms with Crippen LogP contribution in [0.1, 0.15) is 15.9 Å². The fourth-order valence-electron chi connectivity index (χ4n) is 2.05. The van der Waals surface area contributed by atoms with Crippen molar-refractivity contribution in [3.8, 4) is 0 Å². The number of amides is 1. The van der Waals surface area contributed by atoms with Gasteiger partial charge in [-0.3, -0.25) is 4.79 Å². The fourth-order valence-corrected chi connectivity index (χ4v) is 2.43. The molecule has 0 aliphatic rings. The fraction of sp³-hybridized carbons (Fsp3) is 0.133. The van der Waals surface area contributed by atoms with Crippen molar-refractivity contribution < 1.29 is 4.79 Å². The van der Waals surface area contributed by atoms with Gasteiger partial charge in [0.2, 0.25) is 5.91 Å². The van der Waals surface area contributed by atoms with Gasteiger partial charge < -0.3 is 16.4 Å². The zero-order chi connectivity index (χ0) is 14.7. The first-order valence-corrected chi connectivity index (χ1v) is 6.91. The Hall–Kier alpha value is -2.01. The van der Waals surface area contributed by atoms with E-state index in [1.165, 1.54) is 0 Å². The minimum Gasteiger partial charge on any atom is -0.397 e. The van der Waals surface area contributed by atoms with E-state index in [4.69, 9.17) is 11.5 Å². The number of benzene rings is 2. The normalized spacial score (nSPS) is 10.3. The van der Waals surface area contributed by atoms with Crippen molar-refractivity contribution in [3.63, 3.8) is 0 Å². The highest BCUT2D eigenvalue weighted by Gasteiger charge is 2.08. The molecule has 0 aliphatic heterocycles. The molecule has 2 aromatic carbocycles. The monoisotopic (exact) mass is 333 g/mol. The van der Waals surface area contributed by atoms with E-state index in [0.29, 0.717) is 17.8 Å². The molecule has 20 heavy (non-hydrogen) atoms. The molecule has 4 nitrogen and oxygen atoms in total. The number of primary amides is 1. The van der Waals surface area contributed by atoms with Gasteiger partial charge in [0.05, 0.1) is 11.4 Å². The van der Waals surface area contributed by atoms with Crippen molar-refractivity contribution in [1.82, 2.24) is 0 Å². The number of nitrogens with zero attached hydrogens (tertiary/aromatic N) is 1. The van der Waals surface area contributed by atoms with Crippen molar-refractivity contribution in [2.45, 2.75) is 6.54 Å². The maximum absolute atomic E-state index is 11.2. The molecule has 0 aliphatic carbocycles.